The predicted octanol–water partition coefficient (Wildman–Crippen LogP) is 4.60. The van der Waals surface area contributed by atoms with Gasteiger partial charge in [-0.2, -0.15) is 0 Å². The summed E-state index contributed by atoms with van der Waals surface area (Å²) in [5.74, 6) is 1.02. The molecule has 0 aliphatic heterocycles. The molecule has 0 saturated carbocycles. The van der Waals surface area contributed by atoms with E-state index in [9.17, 15) is 10.1 Å². The summed E-state index contributed by atoms with van der Waals surface area (Å²) in [5, 5.41) is 11.3. The number of ether oxygens (including phenoxy) is 2. The Hall–Kier alpha value is -1.79. The molecule has 0 atom stereocenters. The van der Waals surface area contributed by atoms with Crippen molar-refractivity contribution in [2.24, 2.45) is 0 Å². The summed E-state index contributed by atoms with van der Waals surface area (Å²) in [5.41, 5.74) is 0.717. The molecule has 0 N–H and O–H groups in total. The first-order valence-electron chi connectivity index (χ1n) is 5.90. The number of nitro groups is 1. The molecule has 0 spiro atoms. The fraction of sp³-hybridized carbons (Fsp3) is 0.143. The lowest BCUT2D eigenvalue weighted by molar-refractivity contribution is -0.385. The van der Waals surface area contributed by atoms with Crippen LogP contribution in [0.4, 0.5) is 5.69 Å². The number of rotatable bonds is 5. The monoisotopic (exact) mass is 371 g/mol. The van der Waals surface area contributed by atoms with Crippen LogP contribution < -0.4 is 9.47 Å². The van der Waals surface area contributed by atoms with E-state index in [-0.39, 0.29) is 12.3 Å². The Labute approximate surface area is 134 Å². The smallest absolute Gasteiger partial charge is 0.273 e. The van der Waals surface area contributed by atoms with Crippen LogP contribution in [-0.4, -0.2) is 12.0 Å². The van der Waals surface area contributed by atoms with E-state index in [1.54, 1.807) is 31.4 Å². The number of benzene rings is 2. The van der Waals surface area contributed by atoms with Crippen LogP contribution in [0.2, 0.25) is 5.02 Å². The molecule has 110 valence electrons. The van der Waals surface area contributed by atoms with Gasteiger partial charge in [-0.1, -0.05) is 11.6 Å². The van der Waals surface area contributed by atoms with Crippen LogP contribution in [0.3, 0.4) is 0 Å². The Kier molecular flexibility index (Phi) is 5.03. The first kappa shape index (κ1) is 15.6. The van der Waals surface area contributed by atoms with Crippen LogP contribution in [0.5, 0.6) is 11.5 Å². The molecular weight excluding hydrogens is 362 g/mol. The predicted molar refractivity (Wildman–Crippen MR) is 83.1 cm³/mol. The van der Waals surface area contributed by atoms with Gasteiger partial charge in [0.05, 0.1) is 22.6 Å². The fourth-order valence-electron chi connectivity index (χ4n) is 1.73. The molecule has 0 aromatic heterocycles. The summed E-state index contributed by atoms with van der Waals surface area (Å²) in [4.78, 5) is 10.3. The lowest BCUT2D eigenvalue weighted by Gasteiger charge is -2.11. The molecule has 2 rings (SSSR count). The van der Waals surface area contributed by atoms with E-state index < -0.39 is 4.92 Å². The molecule has 0 bridgehead atoms. The molecule has 0 unspecified atom stereocenters. The van der Waals surface area contributed by atoms with E-state index in [1.807, 2.05) is 0 Å². The summed E-state index contributed by atoms with van der Waals surface area (Å²) < 4.78 is 11.5. The van der Waals surface area contributed by atoms with Crippen molar-refractivity contribution in [2.45, 2.75) is 6.61 Å². The third kappa shape index (κ3) is 3.86. The largest absolute Gasteiger partial charge is 0.496 e. The molecule has 5 nitrogen and oxygen atoms in total. The SMILES string of the molecule is COc1ccc(Cl)cc1COc1cc([N+](=O)[O-])ccc1Br. The molecular formula is C14H11BrClNO4. The highest BCUT2D eigenvalue weighted by Crippen LogP contribution is 2.31. The Morgan fingerprint density at radius 1 is 1.24 bits per heavy atom. The molecule has 0 fully saturated rings. The van der Waals surface area contributed by atoms with E-state index in [0.29, 0.717) is 21.0 Å². The van der Waals surface area contributed by atoms with Crippen molar-refractivity contribution in [3.05, 3.63) is 61.6 Å². The summed E-state index contributed by atoms with van der Waals surface area (Å²) in [6, 6.07) is 9.52. The molecule has 0 aliphatic carbocycles. The first-order valence-corrected chi connectivity index (χ1v) is 7.07. The fourth-order valence-corrected chi connectivity index (χ4v) is 2.29. The highest BCUT2D eigenvalue weighted by molar-refractivity contribution is 9.10. The Morgan fingerprint density at radius 2 is 2.00 bits per heavy atom. The third-order valence-electron chi connectivity index (χ3n) is 2.75. The van der Waals surface area contributed by atoms with E-state index in [1.165, 1.54) is 12.1 Å². The van der Waals surface area contributed by atoms with Crippen LogP contribution in [0.1, 0.15) is 5.56 Å². The maximum absolute atomic E-state index is 10.8. The zero-order valence-electron chi connectivity index (χ0n) is 11.0. The van der Waals surface area contributed by atoms with Gasteiger partial charge in [0.1, 0.15) is 18.1 Å². The van der Waals surface area contributed by atoms with Gasteiger partial charge in [0.15, 0.2) is 0 Å². The van der Waals surface area contributed by atoms with Crippen molar-refractivity contribution in [1.82, 2.24) is 0 Å². The maximum atomic E-state index is 10.8. The van der Waals surface area contributed by atoms with Gasteiger partial charge >= 0.3 is 0 Å². The zero-order chi connectivity index (χ0) is 15.4. The summed E-state index contributed by atoms with van der Waals surface area (Å²) >= 11 is 9.24. The van der Waals surface area contributed by atoms with Crippen LogP contribution in [0.25, 0.3) is 0 Å². The van der Waals surface area contributed by atoms with Gasteiger partial charge in [0.25, 0.3) is 5.69 Å². The number of nitrogens with zero attached hydrogens (tertiary/aromatic N) is 1. The second kappa shape index (κ2) is 6.78. The molecule has 21 heavy (non-hydrogen) atoms. The second-order valence-electron chi connectivity index (χ2n) is 4.12. The topological polar surface area (TPSA) is 61.6 Å². The van der Waals surface area contributed by atoms with Crippen LogP contribution >= 0.6 is 27.5 Å². The van der Waals surface area contributed by atoms with Gasteiger partial charge in [-0.05, 0) is 40.2 Å². The van der Waals surface area contributed by atoms with Gasteiger partial charge in [-0.25, -0.2) is 0 Å². The minimum atomic E-state index is -0.473. The lowest BCUT2D eigenvalue weighted by Crippen LogP contribution is -2.00. The zero-order valence-corrected chi connectivity index (χ0v) is 13.3. The molecule has 0 heterocycles. The molecule has 7 heteroatoms. The van der Waals surface area contributed by atoms with Crippen molar-refractivity contribution in [1.29, 1.82) is 0 Å². The average Bonchev–Trinajstić information content (AvgIpc) is 2.46. The molecule has 2 aromatic rings. The van der Waals surface area contributed by atoms with Gasteiger partial charge in [-0.3, -0.25) is 10.1 Å². The standard InChI is InChI=1S/C14H11BrClNO4/c1-20-13-5-2-10(16)6-9(13)8-21-14-7-11(17(18)19)3-4-12(14)15/h2-7H,8H2,1H3. The molecule has 0 saturated heterocycles. The van der Waals surface area contributed by atoms with Crippen molar-refractivity contribution in [2.75, 3.05) is 7.11 Å². The first-order chi connectivity index (χ1) is 10.0. The quantitative estimate of drug-likeness (QED) is 0.568. The van der Waals surface area contributed by atoms with Crippen molar-refractivity contribution >= 4 is 33.2 Å². The number of halogens is 2. The normalized spacial score (nSPS) is 10.2. The van der Waals surface area contributed by atoms with Gasteiger partial charge in [0, 0.05) is 16.7 Å². The van der Waals surface area contributed by atoms with Crippen LogP contribution in [0.15, 0.2) is 40.9 Å². The van der Waals surface area contributed by atoms with E-state index in [4.69, 9.17) is 21.1 Å². The number of nitro benzene ring substituents is 1. The minimum absolute atomic E-state index is 0.0359. The summed E-state index contributed by atoms with van der Waals surface area (Å²) in [7, 11) is 1.55. The van der Waals surface area contributed by atoms with Gasteiger partial charge in [0.2, 0.25) is 0 Å². The Balaban J connectivity index is 2.22. The number of hydrogen-bond donors (Lipinski definition) is 0. The third-order valence-corrected chi connectivity index (χ3v) is 3.64. The Bertz CT molecular complexity index is 678. The highest BCUT2D eigenvalue weighted by atomic mass is 79.9. The summed E-state index contributed by atoms with van der Waals surface area (Å²) in [6.07, 6.45) is 0. The molecule has 0 aliphatic rings. The lowest BCUT2D eigenvalue weighted by atomic mass is 10.2. The van der Waals surface area contributed by atoms with E-state index in [0.717, 1.165) is 5.56 Å². The highest BCUT2D eigenvalue weighted by Gasteiger charge is 2.12. The minimum Gasteiger partial charge on any atom is -0.496 e. The van der Waals surface area contributed by atoms with Crippen LogP contribution in [0, 0.1) is 10.1 Å². The second-order valence-corrected chi connectivity index (χ2v) is 5.41. The van der Waals surface area contributed by atoms with E-state index in [2.05, 4.69) is 15.9 Å². The van der Waals surface area contributed by atoms with E-state index >= 15 is 0 Å². The number of non-ortho nitro benzene ring substituents is 1. The number of hydrogen-bond acceptors (Lipinski definition) is 4. The Morgan fingerprint density at radius 3 is 2.67 bits per heavy atom. The van der Waals surface area contributed by atoms with Crippen molar-refractivity contribution < 1.29 is 14.4 Å². The van der Waals surface area contributed by atoms with Crippen molar-refractivity contribution in [3.8, 4) is 11.5 Å². The molecule has 0 radical (unpaired) electrons. The summed E-state index contributed by atoms with van der Waals surface area (Å²) in [6.45, 7) is 0.184. The molecule has 0 amide bonds. The van der Waals surface area contributed by atoms with Crippen molar-refractivity contribution in [3.63, 3.8) is 0 Å². The van der Waals surface area contributed by atoms with Gasteiger partial charge in [-0.15, -0.1) is 0 Å². The molecule has 2 aromatic carbocycles. The maximum Gasteiger partial charge on any atom is 0.273 e. The average molecular weight is 373 g/mol. The number of methoxy groups -OCH3 is 1. The van der Waals surface area contributed by atoms with Crippen LogP contribution in [-0.2, 0) is 6.61 Å². The van der Waals surface area contributed by atoms with Gasteiger partial charge < -0.3 is 9.47 Å².